The fourth-order valence-corrected chi connectivity index (χ4v) is 2.86. The minimum Gasteiger partial charge on any atom is -0.495 e. The van der Waals surface area contributed by atoms with Crippen LogP contribution in [0.15, 0.2) is 18.2 Å². The average molecular weight is 312 g/mol. The molecule has 1 saturated carbocycles. The summed E-state index contributed by atoms with van der Waals surface area (Å²) in [5.74, 6) is 0.754. The van der Waals surface area contributed by atoms with E-state index in [1.807, 2.05) is 23.1 Å². The van der Waals surface area contributed by atoms with Crippen LogP contribution >= 0.6 is 11.6 Å². The Labute approximate surface area is 130 Å². The molecule has 1 aromatic carbocycles. The van der Waals surface area contributed by atoms with Gasteiger partial charge in [0.15, 0.2) is 0 Å². The molecule has 2 rings (SSSR count). The number of nitrogens with zero attached hydrogens (tertiary/aromatic N) is 1. The smallest absolute Gasteiger partial charge is 0.223 e. The third kappa shape index (κ3) is 4.11. The largest absolute Gasteiger partial charge is 0.495 e. The zero-order chi connectivity index (χ0) is 15.2. The number of aryl methyl sites for hydroxylation is 1. The SMILES string of the molecule is COc1ccc(CCC(=O)N(CCO)C2CCC2)cc1Cl. The maximum absolute atomic E-state index is 12.3. The lowest BCUT2D eigenvalue weighted by Gasteiger charge is -2.37. The van der Waals surface area contributed by atoms with Crippen molar-refractivity contribution >= 4 is 17.5 Å². The van der Waals surface area contributed by atoms with E-state index in [4.69, 9.17) is 21.4 Å². The van der Waals surface area contributed by atoms with Crippen LogP contribution in [-0.2, 0) is 11.2 Å². The fourth-order valence-electron chi connectivity index (χ4n) is 2.58. The summed E-state index contributed by atoms with van der Waals surface area (Å²) in [5.41, 5.74) is 1.02. The number of carbonyl (C=O) groups excluding carboxylic acids is 1. The lowest BCUT2D eigenvalue weighted by molar-refractivity contribution is -0.135. The number of carbonyl (C=O) groups is 1. The Morgan fingerprint density at radius 1 is 1.48 bits per heavy atom. The number of aliphatic hydroxyl groups excluding tert-OH is 1. The van der Waals surface area contributed by atoms with Gasteiger partial charge in [-0.1, -0.05) is 17.7 Å². The number of amides is 1. The molecule has 0 heterocycles. The number of halogens is 1. The maximum atomic E-state index is 12.3. The molecule has 1 N–H and O–H groups in total. The van der Waals surface area contributed by atoms with Crippen molar-refractivity contribution in [3.8, 4) is 5.75 Å². The molecule has 1 amide bonds. The molecule has 0 radical (unpaired) electrons. The van der Waals surface area contributed by atoms with Gasteiger partial charge in [-0.05, 0) is 43.4 Å². The van der Waals surface area contributed by atoms with Crippen LogP contribution in [0.4, 0.5) is 0 Å². The third-order valence-electron chi connectivity index (χ3n) is 4.02. The van der Waals surface area contributed by atoms with E-state index in [0.29, 0.717) is 36.2 Å². The molecule has 1 aliphatic rings. The van der Waals surface area contributed by atoms with Crippen LogP contribution in [0, 0.1) is 0 Å². The van der Waals surface area contributed by atoms with Crippen LogP contribution in [-0.4, -0.2) is 42.2 Å². The van der Waals surface area contributed by atoms with E-state index in [2.05, 4.69) is 0 Å². The highest BCUT2D eigenvalue weighted by atomic mass is 35.5. The van der Waals surface area contributed by atoms with Crippen LogP contribution in [0.25, 0.3) is 0 Å². The molecule has 0 unspecified atom stereocenters. The summed E-state index contributed by atoms with van der Waals surface area (Å²) < 4.78 is 5.11. The van der Waals surface area contributed by atoms with Crippen LogP contribution in [0.3, 0.4) is 0 Å². The second-order valence-corrected chi connectivity index (χ2v) is 5.77. The summed E-state index contributed by atoms with van der Waals surface area (Å²) in [7, 11) is 1.58. The number of hydrogen-bond donors (Lipinski definition) is 1. The molecule has 0 aliphatic heterocycles. The van der Waals surface area contributed by atoms with E-state index in [1.165, 1.54) is 6.42 Å². The van der Waals surface area contributed by atoms with Gasteiger partial charge in [-0.15, -0.1) is 0 Å². The minimum absolute atomic E-state index is 0.0244. The van der Waals surface area contributed by atoms with E-state index in [0.717, 1.165) is 18.4 Å². The number of benzene rings is 1. The van der Waals surface area contributed by atoms with E-state index in [9.17, 15) is 4.79 Å². The van der Waals surface area contributed by atoms with E-state index in [-0.39, 0.29) is 12.5 Å². The zero-order valence-electron chi connectivity index (χ0n) is 12.3. The molecule has 0 saturated heterocycles. The highest BCUT2D eigenvalue weighted by molar-refractivity contribution is 6.32. The summed E-state index contributed by atoms with van der Waals surface area (Å²) in [6.45, 7) is 0.462. The molecule has 4 nitrogen and oxygen atoms in total. The van der Waals surface area contributed by atoms with Crippen LogP contribution < -0.4 is 4.74 Å². The van der Waals surface area contributed by atoms with E-state index < -0.39 is 0 Å². The first kappa shape index (κ1) is 16.1. The normalized spacial score (nSPS) is 14.6. The van der Waals surface area contributed by atoms with Gasteiger partial charge in [-0.2, -0.15) is 0 Å². The molecular formula is C16H22ClNO3. The lowest BCUT2D eigenvalue weighted by atomic mass is 9.91. The van der Waals surface area contributed by atoms with Crippen LogP contribution in [0.5, 0.6) is 5.75 Å². The summed E-state index contributed by atoms with van der Waals surface area (Å²) >= 11 is 6.09. The summed E-state index contributed by atoms with van der Waals surface area (Å²) in [6, 6.07) is 5.91. The van der Waals surface area contributed by atoms with Crippen molar-refractivity contribution in [3.63, 3.8) is 0 Å². The van der Waals surface area contributed by atoms with Gasteiger partial charge in [0.25, 0.3) is 0 Å². The van der Waals surface area contributed by atoms with Crippen LogP contribution in [0.1, 0.15) is 31.2 Å². The summed E-state index contributed by atoms with van der Waals surface area (Å²) in [6.07, 6.45) is 4.38. The van der Waals surface area contributed by atoms with Crippen molar-refractivity contribution in [2.75, 3.05) is 20.3 Å². The quantitative estimate of drug-likeness (QED) is 0.842. The molecule has 1 aliphatic carbocycles. The summed E-state index contributed by atoms with van der Waals surface area (Å²) in [5, 5.41) is 9.67. The van der Waals surface area contributed by atoms with Gasteiger partial charge in [-0.3, -0.25) is 4.79 Å². The molecular weight excluding hydrogens is 290 g/mol. The fraction of sp³-hybridized carbons (Fsp3) is 0.562. The molecule has 116 valence electrons. The predicted octanol–water partition coefficient (Wildman–Crippen LogP) is 2.65. The van der Waals surface area contributed by atoms with Crippen molar-refractivity contribution in [1.82, 2.24) is 4.90 Å². The molecule has 5 heteroatoms. The second-order valence-electron chi connectivity index (χ2n) is 5.36. The average Bonchev–Trinajstić information content (AvgIpc) is 2.42. The van der Waals surface area contributed by atoms with Crippen molar-refractivity contribution in [3.05, 3.63) is 28.8 Å². The Kier molecular flexibility index (Phi) is 5.88. The standard InChI is InChI=1S/C16H22ClNO3/c1-21-15-7-5-12(11-14(15)17)6-8-16(20)18(9-10-19)13-3-2-4-13/h5,7,11,13,19H,2-4,6,8-10H2,1H3. The first-order valence-corrected chi connectivity index (χ1v) is 7.76. The van der Waals surface area contributed by atoms with Gasteiger partial charge >= 0.3 is 0 Å². The van der Waals surface area contributed by atoms with Gasteiger partial charge in [0.1, 0.15) is 5.75 Å². The number of rotatable bonds is 7. The van der Waals surface area contributed by atoms with E-state index >= 15 is 0 Å². The Bertz CT molecular complexity index is 488. The van der Waals surface area contributed by atoms with Gasteiger partial charge in [0.05, 0.1) is 18.7 Å². The molecule has 1 fully saturated rings. The molecule has 0 spiro atoms. The van der Waals surface area contributed by atoms with E-state index in [1.54, 1.807) is 7.11 Å². The number of methoxy groups -OCH3 is 1. The van der Waals surface area contributed by atoms with Gasteiger partial charge in [-0.25, -0.2) is 0 Å². The highest BCUT2D eigenvalue weighted by Gasteiger charge is 2.27. The Morgan fingerprint density at radius 3 is 2.76 bits per heavy atom. The maximum Gasteiger partial charge on any atom is 0.223 e. The predicted molar refractivity (Wildman–Crippen MR) is 82.8 cm³/mol. The topological polar surface area (TPSA) is 49.8 Å². The Balaban J connectivity index is 1.91. The van der Waals surface area contributed by atoms with Crippen molar-refractivity contribution < 1.29 is 14.6 Å². The minimum atomic E-state index is 0.0244. The zero-order valence-corrected chi connectivity index (χ0v) is 13.1. The Morgan fingerprint density at radius 2 is 2.24 bits per heavy atom. The van der Waals surface area contributed by atoms with Gasteiger partial charge in [0, 0.05) is 19.0 Å². The lowest BCUT2D eigenvalue weighted by Crippen LogP contribution is -2.45. The summed E-state index contributed by atoms with van der Waals surface area (Å²) in [4.78, 5) is 14.1. The number of ether oxygens (including phenoxy) is 1. The van der Waals surface area contributed by atoms with Crippen molar-refractivity contribution in [2.24, 2.45) is 0 Å². The second kappa shape index (κ2) is 7.66. The molecule has 0 atom stereocenters. The first-order chi connectivity index (χ1) is 10.2. The third-order valence-corrected chi connectivity index (χ3v) is 4.32. The molecule has 1 aromatic rings. The van der Waals surface area contributed by atoms with Gasteiger partial charge < -0.3 is 14.7 Å². The Hall–Kier alpha value is -1.26. The highest BCUT2D eigenvalue weighted by Crippen LogP contribution is 2.27. The monoisotopic (exact) mass is 311 g/mol. The van der Waals surface area contributed by atoms with Crippen molar-refractivity contribution in [1.29, 1.82) is 0 Å². The van der Waals surface area contributed by atoms with Crippen LogP contribution in [0.2, 0.25) is 5.02 Å². The molecule has 0 bridgehead atoms. The first-order valence-electron chi connectivity index (χ1n) is 7.38. The number of hydrogen-bond acceptors (Lipinski definition) is 3. The molecule has 0 aromatic heterocycles. The van der Waals surface area contributed by atoms with Crippen molar-refractivity contribution in [2.45, 2.75) is 38.1 Å². The van der Waals surface area contributed by atoms with Gasteiger partial charge in [0.2, 0.25) is 5.91 Å². The molecule has 21 heavy (non-hydrogen) atoms. The number of aliphatic hydroxyl groups is 1.